The normalized spacial score (nSPS) is 21.1. The third-order valence-electron chi connectivity index (χ3n) is 9.91. The molecule has 1 aliphatic carbocycles. The molecule has 0 amide bonds. The maximum atomic E-state index is 12.6. The molecule has 12 nitrogen and oxygen atoms in total. The van der Waals surface area contributed by atoms with Crippen LogP contribution in [0.25, 0.3) is 0 Å². The maximum absolute atomic E-state index is 12.6. The van der Waals surface area contributed by atoms with E-state index in [9.17, 15) is 34.4 Å². The predicted octanol–water partition coefficient (Wildman–Crippen LogP) is 7.99. The number of hydrogen-bond donors (Lipinski definition) is 5. The minimum absolute atomic E-state index is 0.0214. The van der Waals surface area contributed by atoms with Gasteiger partial charge in [0.2, 0.25) is 0 Å². The van der Waals surface area contributed by atoms with Gasteiger partial charge in [-0.1, -0.05) is 115 Å². The number of carbonyl (C=O) groups excluding carboxylic acids is 2. The predicted molar refractivity (Wildman–Crippen MR) is 212 cm³/mol. The molecule has 1 rings (SSSR count). The lowest BCUT2D eigenvalue weighted by Crippen LogP contribution is -2.29. The van der Waals surface area contributed by atoms with E-state index >= 15 is 0 Å². The van der Waals surface area contributed by atoms with Crippen LogP contribution in [0.4, 0.5) is 0 Å². The number of ether oxygens (including phenoxy) is 2. The van der Waals surface area contributed by atoms with E-state index in [1.165, 1.54) is 25.7 Å². The fourth-order valence-electron chi connectivity index (χ4n) is 6.72. The molecule has 0 spiro atoms. The Morgan fingerprint density at radius 2 is 1.37 bits per heavy atom. The van der Waals surface area contributed by atoms with Gasteiger partial charge < -0.3 is 35.4 Å². The number of allylic oxidation sites excluding steroid dienone is 2. The summed E-state index contributed by atoms with van der Waals surface area (Å²) < 4.78 is 32.7. The summed E-state index contributed by atoms with van der Waals surface area (Å²) in [6.45, 7) is 3.36. The van der Waals surface area contributed by atoms with E-state index in [4.69, 9.17) is 24.3 Å². The quantitative estimate of drug-likeness (QED) is 0.0180. The van der Waals surface area contributed by atoms with Crippen molar-refractivity contribution in [3.63, 3.8) is 0 Å². The van der Waals surface area contributed by atoms with Gasteiger partial charge in [0.1, 0.15) is 6.61 Å². The SMILES string of the molecule is CCCCCC/C=C\CCCCCCCC(=O)O[C@H](COC(=O)CCCCCC[C@@H]1[C@@H](/C=C/[C@@H](O)CCCCC)[C@H](O)C[C@@H]1O)COP(=O)(O)OCCN. The van der Waals surface area contributed by atoms with Gasteiger partial charge >= 0.3 is 19.8 Å². The molecule has 54 heavy (non-hydrogen) atoms. The molecule has 13 heteroatoms. The molecular weight excluding hydrogens is 713 g/mol. The van der Waals surface area contributed by atoms with Crippen molar-refractivity contribution >= 4 is 19.8 Å². The lowest BCUT2D eigenvalue weighted by molar-refractivity contribution is -0.161. The van der Waals surface area contributed by atoms with E-state index in [1.54, 1.807) is 6.08 Å². The van der Waals surface area contributed by atoms with Gasteiger partial charge in [0.15, 0.2) is 6.10 Å². The highest BCUT2D eigenvalue weighted by molar-refractivity contribution is 7.47. The van der Waals surface area contributed by atoms with E-state index in [1.807, 2.05) is 6.08 Å². The number of aliphatic hydroxyl groups excluding tert-OH is 3. The van der Waals surface area contributed by atoms with Crippen molar-refractivity contribution in [1.29, 1.82) is 0 Å². The Hall–Kier alpha value is -1.63. The lowest BCUT2D eigenvalue weighted by Gasteiger charge is -2.21. The average molecular weight is 790 g/mol. The van der Waals surface area contributed by atoms with E-state index < -0.39 is 50.8 Å². The number of esters is 2. The van der Waals surface area contributed by atoms with Crippen LogP contribution >= 0.6 is 7.82 Å². The molecule has 0 bridgehead atoms. The number of rotatable bonds is 35. The summed E-state index contributed by atoms with van der Waals surface area (Å²) in [5.41, 5.74) is 5.34. The second-order valence-electron chi connectivity index (χ2n) is 14.8. The van der Waals surface area contributed by atoms with Crippen molar-refractivity contribution < 1.29 is 52.9 Å². The van der Waals surface area contributed by atoms with Crippen molar-refractivity contribution in [1.82, 2.24) is 0 Å². The summed E-state index contributed by atoms with van der Waals surface area (Å²) in [5.74, 6) is -1.25. The first-order chi connectivity index (χ1) is 26.0. The standard InChI is InChI=1S/C41H76NO11P/c1-3-5-7-8-9-10-11-12-13-14-15-16-22-26-41(47)53-35(33-52-54(48,49)51-30-29-42)32-50-40(46)25-21-18-17-20-24-36-37(39(45)31-38(36)44)28-27-34(43)23-19-6-4-2/h10-11,27-28,34-39,43-45H,3-9,12-26,29-33,42H2,1-2H3,(H,48,49)/b11-10-,28-27+/t34-,35+,36+,37+,38-,39+/m0/s1. The molecular formula is C41H76NO11P. The van der Waals surface area contributed by atoms with E-state index in [2.05, 4.69) is 26.0 Å². The summed E-state index contributed by atoms with van der Waals surface area (Å²) in [4.78, 5) is 35.0. The minimum Gasteiger partial charge on any atom is -0.462 e. The first kappa shape index (κ1) is 50.4. The second kappa shape index (κ2) is 32.5. The van der Waals surface area contributed by atoms with Crippen LogP contribution in [0.2, 0.25) is 0 Å². The van der Waals surface area contributed by atoms with Crippen LogP contribution in [0.3, 0.4) is 0 Å². The molecule has 1 saturated carbocycles. The van der Waals surface area contributed by atoms with Crippen LogP contribution in [0.1, 0.15) is 162 Å². The molecule has 7 atom stereocenters. The highest BCUT2D eigenvalue weighted by Crippen LogP contribution is 2.43. The molecule has 0 aliphatic heterocycles. The number of hydrogen-bond acceptors (Lipinski definition) is 11. The summed E-state index contributed by atoms with van der Waals surface area (Å²) in [6.07, 6.45) is 25.6. The van der Waals surface area contributed by atoms with Gasteiger partial charge in [-0.25, -0.2) is 4.57 Å². The third-order valence-corrected chi connectivity index (χ3v) is 10.9. The maximum Gasteiger partial charge on any atom is 0.472 e. The third kappa shape index (κ3) is 26.3. The molecule has 0 aromatic heterocycles. The molecule has 0 radical (unpaired) electrons. The second-order valence-corrected chi connectivity index (χ2v) is 16.3. The fraction of sp³-hybridized carbons (Fsp3) is 0.854. The molecule has 0 aromatic carbocycles. The summed E-state index contributed by atoms with van der Waals surface area (Å²) in [7, 11) is -4.43. The number of phosphoric ester groups is 1. The summed E-state index contributed by atoms with van der Waals surface area (Å²) in [5, 5.41) is 31.3. The van der Waals surface area contributed by atoms with Crippen molar-refractivity contribution in [2.45, 2.75) is 186 Å². The Kier molecular flexibility index (Phi) is 30.3. The van der Waals surface area contributed by atoms with Crippen molar-refractivity contribution in [2.24, 2.45) is 17.6 Å². The first-order valence-corrected chi connectivity index (χ1v) is 22.6. The van der Waals surface area contributed by atoms with Crippen molar-refractivity contribution in [2.75, 3.05) is 26.4 Å². The molecule has 1 aliphatic rings. The monoisotopic (exact) mass is 790 g/mol. The Bertz CT molecular complexity index is 1060. The topological polar surface area (TPSA) is 195 Å². The van der Waals surface area contributed by atoms with Gasteiger partial charge in [-0.3, -0.25) is 18.6 Å². The number of phosphoric acid groups is 1. The number of aliphatic hydroxyl groups is 3. The fourth-order valence-corrected chi connectivity index (χ4v) is 7.49. The van der Waals surface area contributed by atoms with Crippen LogP contribution in [0, 0.1) is 11.8 Å². The Balaban J connectivity index is 2.40. The van der Waals surface area contributed by atoms with Gasteiger partial charge in [-0.15, -0.1) is 0 Å². The van der Waals surface area contributed by atoms with Crippen LogP contribution in [-0.2, 0) is 32.7 Å². The molecule has 1 fully saturated rings. The van der Waals surface area contributed by atoms with Gasteiger partial charge in [0, 0.05) is 31.7 Å². The number of unbranched alkanes of at least 4 members (excludes halogenated alkanes) is 14. The highest BCUT2D eigenvalue weighted by Gasteiger charge is 2.39. The van der Waals surface area contributed by atoms with Crippen LogP contribution < -0.4 is 5.73 Å². The average Bonchev–Trinajstić information content (AvgIpc) is 3.41. The molecule has 0 aromatic rings. The van der Waals surface area contributed by atoms with Crippen LogP contribution in [0.15, 0.2) is 24.3 Å². The van der Waals surface area contributed by atoms with Crippen LogP contribution in [0.5, 0.6) is 0 Å². The van der Waals surface area contributed by atoms with Gasteiger partial charge in [-0.05, 0) is 57.3 Å². The largest absolute Gasteiger partial charge is 0.472 e. The number of nitrogens with two attached hydrogens (primary N) is 1. The number of carbonyl (C=O) groups is 2. The molecule has 6 N–H and O–H groups in total. The molecule has 0 heterocycles. The lowest BCUT2D eigenvalue weighted by atomic mass is 9.88. The Labute approximate surface area is 326 Å². The summed E-state index contributed by atoms with van der Waals surface area (Å²) >= 11 is 0. The molecule has 316 valence electrons. The van der Waals surface area contributed by atoms with Crippen LogP contribution in [-0.4, -0.2) is 82.9 Å². The van der Waals surface area contributed by atoms with Gasteiger partial charge in [0.25, 0.3) is 0 Å². The zero-order valence-corrected chi connectivity index (χ0v) is 34.4. The highest BCUT2D eigenvalue weighted by atomic mass is 31.2. The van der Waals surface area contributed by atoms with Gasteiger partial charge in [-0.2, -0.15) is 0 Å². The Morgan fingerprint density at radius 3 is 2.04 bits per heavy atom. The minimum atomic E-state index is -4.43. The smallest absolute Gasteiger partial charge is 0.462 e. The van der Waals surface area contributed by atoms with Crippen molar-refractivity contribution in [3.05, 3.63) is 24.3 Å². The summed E-state index contributed by atoms with van der Waals surface area (Å²) in [6, 6.07) is 0. The zero-order chi connectivity index (χ0) is 39.9. The van der Waals surface area contributed by atoms with E-state index in [0.29, 0.717) is 25.7 Å². The molecule has 1 unspecified atom stereocenters. The van der Waals surface area contributed by atoms with Crippen molar-refractivity contribution in [3.8, 4) is 0 Å². The van der Waals surface area contributed by atoms with E-state index in [-0.39, 0.29) is 44.4 Å². The van der Waals surface area contributed by atoms with Gasteiger partial charge in [0.05, 0.1) is 31.5 Å². The zero-order valence-electron chi connectivity index (χ0n) is 33.5. The van der Waals surface area contributed by atoms with E-state index in [0.717, 1.165) is 83.5 Å². The molecule has 0 saturated heterocycles. The first-order valence-electron chi connectivity index (χ1n) is 21.1. The Morgan fingerprint density at radius 1 is 0.778 bits per heavy atom.